The number of allylic oxidation sites excluding steroid dienone is 1. The van der Waals surface area contributed by atoms with Crippen LogP contribution in [0, 0.1) is 0 Å². The maximum absolute atomic E-state index is 12.0. The van der Waals surface area contributed by atoms with E-state index >= 15 is 0 Å². The van der Waals surface area contributed by atoms with Crippen LogP contribution in [0.3, 0.4) is 0 Å². The summed E-state index contributed by atoms with van der Waals surface area (Å²) in [6, 6.07) is 7.30. The third-order valence-corrected chi connectivity index (χ3v) is 6.04. The topological polar surface area (TPSA) is 106 Å². The van der Waals surface area contributed by atoms with E-state index in [1.54, 1.807) is 18.2 Å². The number of esters is 1. The second kappa shape index (κ2) is 12.9. The van der Waals surface area contributed by atoms with Gasteiger partial charge in [-0.1, -0.05) is 25.5 Å². The molecule has 1 atom stereocenters. The average molecular weight is 498 g/mol. The SMILES string of the molecule is C=CCc1c(OCCCOc2ccc3c(c2CCC)OC(C(=O)OC)CC3)ccc(C(N)=O)c1OC. The van der Waals surface area contributed by atoms with Crippen LogP contribution in [0.4, 0.5) is 0 Å². The lowest BCUT2D eigenvalue weighted by Gasteiger charge is -2.27. The van der Waals surface area contributed by atoms with Crippen molar-refractivity contribution in [1.29, 1.82) is 0 Å². The zero-order chi connectivity index (χ0) is 26.1. The van der Waals surface area contributed by atoms with Crippen molar-refractivity contribution in [2.75, 3.05) is 27.4 Å². The van der Waals surface area contributed by atoms with Crippen molar-refractivity contribution in [2.24, 2.45) is 5.73 Å². The molecule has 1 heterocycles. The molecule has 0 saturated carbocycles. The van der Waals surface area contributed by atoms with E-state index in [0.717, 1.165) is 47.5 Å². The first-order valence-electron chi connectivity index (χ1n) is 12.2. The van der Waals surface area contributed by atoms with Gasteiger partial charge in [-0.05, 0) is 49.4 Å². The van der Waals surface area contributed by atoms with Gasteiger partial charge < -0.3 is 29.4 Å². The van der Waals surface area contributed by atoms with Gasteiger partial charge in [-0.3, -0.25) is 4.79 Å². The molecule has 2 N–H and O–H groups in total. The third-order valence-electron chi connectivity index (χ3n) is 6.04. The summed E-state index contributed by atoms with van der Waals surface area (Å²) in [5.74, 6) is 1.58. The highest BCUT2D eigenvalue weighted by atomic mass is 16.6. The Kier molecular flexibility index (Phi) is 9.61. The van der Waals surface area contributed by atoms with Crippen LogP contribution in [-0.2, 0) is 28.8 Å². The lowest BCUT2D eigenvalue weighted by molar-refractivity contribution is -0.149. The molecule has 1 aliphatic heterocycles. The van der Waals surface area contributed by atoms with E-state index in [2.05, 4.69) is 13.5 Å². The molecule has 0 aromatic heterocycles. The quantitative estimate of drug-likeness (QED) is 0.251. The van der Waals surface area contributed by atoms with Crippen molar-refractivity contribution in [1.82, 2.24) is 0 Å². The second-order valence-corrected chi connectivity index (χ2v) is 8.48. The number of benzene rings is 2. The van der Waals surface area contributed by atoms with Gasteiger partial charge in [-0.2, -0.15) is 0 Å². The Hall–Kier alpha value is -3.68. The molecule has 36 heavy (non-hydrogen) atoms. The number of primary amides is 1. The van der Waals surface area contributed by atoms with Crippen LogP contribution in [0.25, 0.3) is 0 Å². The van der Waals surface area contributed by atoms with Gasteiger partial charge in [-0.25, -0.2) is 4.79 Å². The third kappa shape index (κ3) is 6.11. The molecule has 0 spiro atoms. The summed E-state index contributed by atoms with van der Waals surface area (Å²) < 4.78 is 28.5. The number of methoxy groups -OCH3 is 2. The highest BCUT2D eigenvalue weighted by molar-refractivity contribution is 5.96. The van der Waals surface area contributed by atoms with Gasteiger partial charge in [0.05, 0.1) is 33.0 Å². The summed E-state index contributed by atoms with van der Waals surface area (Å²) in [6.07, 6.45) is 5.27. The minimum absolute atomic E-state index is 0.303. The van der Waals surface area contributed by atoms with Crippen molar-refractivity contribution < 1.29 is 33.3 Å². The lowest BCUT2D eigenvalue weighted by atomic mass is 9.96. The van der Waals surface area contributed by atoms with Crippen LogP contribution < -0.4 is 24.7 Å². The number of amides is 1. The maximum atomic E-state index is 12.0. The van der Waals surface area contributed by atoms with Gasteiger partial charge in [0.2, 0.25) is 0 Å². The van der Waals surface area contributed by atoms with E-state index in [9.17, 15) is 9.59 Å². The molecule has 8 nitrogen and oxygen atoms in total. The molecule has 1 amide bonds. The molecule has 0 radical (unpaired) electrons. The molecule has 3 rings (SSSR count). The highest BCUT2D eigenvalue weighted by Gasteiger charge is 2.29. The number of carbonyl (C=O) groups excluding carboxylic acids is 2. The van der Waals surface area contributed by atoms with Gasteiger partial charge in [0, 0.05) is 17.5 Å². The molecular formula is C28H35NO7. The van der Waals surface area contributed by atoms with Crippen molar-refractivity contribution in [3.05, 3.63) is 59.2 Å². The number of ether oxygens (including phenoxy) is 5. The Bertz CT molecular complexity index is 1100. The predicted molar refractivity (Wildman–Crippen MR) is 136 cm³/mol. The summed E-state index contributed by atoms with van der Waals surface area (Å²) in [5, 5.41) is 0. The summed E-state index contributed by atoms with van der Waals surface area (Å²) in [6.45, 7) is 6.71. The second-order valence-electron chi connectivity index (χ2n) is 8.48. The number of hydrogen-bond donors (Lipinski definition) is 1. The number of nitrogens with two attached hydrogens (primary N) is 1. The average Bonchev–Trinajstić information content (AvgIpc) is 2.89. The number of rotatable bonds is 13. The summed E-state index contributed by atoms with van der Waals surface area (Å²) >= 11 is 0. The fourth-order valence-corrected chi connectivity index (χ4v) is 4.34. The van der Waals surface area contributed by atoms with Crippen LogP contribution in [0.2, 0.25) is 0 Å². The number of fused-ring (bicyclic) bond motifs is 1. The molecule has 0 saturated heterocycles. The summed E-state index contributed by atoms with van der Waals surface area (Å²) in [7, 11) is 2.87. The van der Waals surface area contributed by atoms with Crippen LogP contribution >= 0.6 is 0 Å². The van der Waals surface area contributed by atoms with Crippen molar-refractivity contribution in [3.63, 3.8) is 0 Å². The Morgan fingerprint density at radius 3 is 2.42 bits per heavy atom. The Morgan fingerprint density at radius 1 is 1.11 bits per heavy atom. The smallest absolute Gasteiger partial charge is 0.347 e. The fraction of sp³-hybridized carbons (Fsp3) is 0.429. The highest BCUT2D eigenvalue weighted by Crippen LogP contribution is 2.38. The van der Waals surface area contributed by atoms with E-state index < -0.39 is 12.0 Å². The van der Waals surface area contributed by atoms with Gasteiger partial charge in [0.25, 0.3) is 5.91 Å². The Balaban J connectivity index is 1.66. The fourth-order valence-electron chi connectivity index (χ4n) is 4.34. The molecule has 2 aromatic rings. The minimum atomic E-state index is -0.593. The molecule has 8 heteroatoms. The zero-order valence-corrected chi connectivity index (χ0v) is 21.3. The first kappa shape index (κ1) is 26.9. The maximum Gasteiger partial charge on any atom is 0.347 e. The molecular weight excluding hydrogens is 462 g/mol. The summed E-state index contributed by atoms with van der Waals surface area (Å²) in [5.41, 5.74) is 8.56. The lowest BCUT2D eigenvalue weighted by Crippen LogP contribution is -2.32. The van der Waals surface area contributed by atoms with E-state index in [4.69, 9.17) is 29.4 Å². The van der Waals surface area contributed by atoms with Crippen LogP contribution in [0.1, 0.15) is 53.2 Å². The van der Waals surface area contributed by atoms with Crippen LogP contribution in [0.15, 0.2) is 36.9 Å². The zero-order valence-electron chi connectivity index (χ0n) is 21.3. The molecule has 0 bridgehead atoms. The largest absolute Gasteiger partial charge is 0.495 e. The first-order chi connectivity index (χ1) is 17.4. The number of aryl methyl sites for hydroxylation is 1. The first-order valence-corrected chi connectivity index (χ1v) is 12.2. The molecule has 0 aliphatic carbocycles. The Morgan fingerprint density at radius 2 is 1.81 bits per heavy atom. The molecule has 194 valence electrons. The number of hydrogen-bond acceptors (Lipinski definition) is 7. The molecule has 1 aliphatic rings. The van der Waals surface area contributed by atoms with Gasteiger partial charge in [0.15, 0.2) is 6.10 Å². The minimum Gasteiger partial charge on any atom is -0.495 e. The van der Waals surface area contributed by atoms with Crippen molar-refractivity contribution >= 4 is 11.9 Å². The van der Waals surface area contributed by atoms with Crippen LogP contribution in [-0.4, -0.2) is 45.4 Å². The van der Waals surface area contributed by atoms with Crippen LogP contribution in [0.5, 0.6) is 23.0 Å². The monoisotopic (exact) mass is 497 g/mol. The van der Waals surface area contributed by atoms with E-state index in [-0.39, 0.29) is 5.97 Å². The van der Waals surface area contributed by atoms with E-state index in [1.165, 1.54) is 14.2 Å². The standard InChI is InChI=1S/C28H35NO7/c1-5-8-19-22(13-10-18-11-14-24(28(31)33-4)36-25(18)19)34-16-7-17-35-23-15-12-21(27(29)30)26(32-3)20(23)9-6-2/h6,10,12-13,15,24H,2,5,7-9,11,14,16-17H2,1,3-4H3,(H2,29,30). The molecule has 1 unspecified atom stereocenters. The van der Waals surface area contributed by atoms with Gasteiger partial charge >= 0.3 is 5.97 Å². The molecule has 0 fully saturated rings. The van der Waals surface area contributed by atoms with E-state index in [1.807, 2.05) is 12.1 Å². The predicted octanol–water partition coefficient (Wildman–Crippen LogP) is 4.19. The Labute approximate surface area is 212 Å². The van der Waals surface area contributed by atoms with E-state index in [0.29, 0.717) is 49.5 Å². The normalized spacial score (nSPS) is 14.2. The molecule has 2 aromatic carbocycles. The van der Waals surface area contributed by atoms with Gasteiger partial charge in [0.1, 0.15) is 23.0 Å². The number of carbonyl (C=O) groups is 2. The van der Waals surface area contributed by atoms with Crippen molar-refractivity contribution in [2.45, 2.75) is 51.6 Å². The summed E-state index contributed by atoms with van der Waals surface area (Å²) in [4.78, 5) is 23.8. The van der Waals surface area contributed by atoms with Gasteiger partial charge in [-0.15, -0.1) is 6.58 Å². The van der Waals surface area contributed by atoms with Crippen molar-refractivity contribution in [3.8, 4) is 23.0 Å².